The Balaban J connectivity index is 0.978. The standard InChI is InChI=1S/C46H31N7O4/c1-24-40-28-11-7-5-9-25(28)15-16-39(40)56-46(55)41(24)34-23-48-32(22-49-34)35-18-37-42(52(35)3)43-38(51(37)2)19-36(53(43)4)33-21-47-20-31(50-33)30-17-27-14-13-26-10-6-8-12-29(26)44(27)57-45(30)54/h5-23H,1-4H3. The van der Waals surface area contributed by atoms with E-state index in [0.717, 1.165) is 71.3 Å². The minimum absolute atomic E-state index is 0.345. The first-order valence-electron chi connectivity index (χ1n) is 18.4. The molecule has 11 heteroatoms. The molecule has 11 rings (SSSR count). The highest BCUT2D eigenvalue weighted by molar-refractivity contribution is 6.10. The summed E-state index contributed by atoms with van der Waals surface area (Å²) in [4.78, 5) is 45.7. The van der Waals surface area contributed by atoms with E-state index in [9.17, 15) is 9.59 Å². The van der Waals surface area contributed by atoms with Gasteiger partial charge in [-0.2, -0.15) is 0 Å². The lowest BCUT2D eigenvalue weighted by molar-refractivity contribution is 0.562. The molecule has 0 radical (unpaired) electrons. The first-order chi connectivity index (χ1) is 27.7. The van der Waals surface area contributed by atoms with Crippen LogP contribution in [-0.2, 0) is 21.1 Å². The summed E-state index contributed by atoms with van der Waals surface area (Å²) in [6, 6.07) is 29.7. The average molecular weight is 746 g/mol. The molecule has 0 aliphatic carbocycles. The lowest BCUT2D eigenvalue weighted by Crippen LogP contribution is -2.08. The molecule has 0 N–H and O–H groups in total. The molecule has 7 aromatic heterocycles. The smallest absolute Gasteiger partial charge is 0.346 e. The van der Waals surface area contributed by atoms with Gasteiger partial charge in [-0.1, -0.05) is 66.7 Å². The highest BCUT2D eigenvalue weighted by Gasteiger charge is 2.23. The third-order valence-electron chi connectivity index (χ3n) is 11.4. The maximum absolute atomic E-state index is 13.4. The fourth-order valence-corrected chi connectivity index (χ4v) is 8.55. The largest absolute Gasteiger partial charge is 0.422 e. The molecule has 274 valence electrons. The van der Waals surface area contributed by atoms with Gasteiger partial charge < -0.3 is 22.5 Å². The summed E-state index contributed by atoms with van der Waals surface area (Å²) in [6.45, 7) is 1.93. The molecule has 0 aliphatic rings. The van der Waals surface area contributed by atoms with E-state index in [4.69, 9.17) is 23.8 Å². The molecule has 11 aromatic rings. The zero-order valence-corrected chi connectivity index (χ0v) is 31.2. The molecule has 0 bridgehead atoms. The first kappa shape index (κ1) is 32.7. The van der Waals surface area contributed by atoms with E-state index in [1.54, 1.807) is 24.8 Å². The van der Waals surface area contributed by atoms with Crippen LogP contribution in [0, 0.1) is 6.92 Å². The molecular weight excluding hydrogens is 715 g/mol. The second kappa shape index (κ2) is 11.9. The van der Waals surface area contributed by atoms with Crippen LogP contribution in [0.3, 0.4) is 0 Å². The molecule has 7 heterocycles. The number of benzene rings is 4. The Morgan fingerprint density at radius 2 is 1.18 bits per heavy atom. The van der Waals surface area contributed by atoms with E-state index in [2.05, 4.69) is 30.8 Å². The van der Waals surface area contributed by atoms with Crippen molar-refractivity contribution < 1.29 is 8.83 Å². The van der Waals surface area contributed by atoms with Crippen LogP contribution in [0.15, 0.2) is 134 Å². The van der Waals surface area contributed by atoms with E-state index >= 15 is 0 Å². The zero-order valence-electron chi connectivity index (χ0n) is 31.2. The van der Waals surface area contributed by atoms with Gasteiger partial charge in [0.15, 0.2) is 0 Å². The van der Waals surface area contributed by atoms with Gasteiger partial charge >= 0.3 is 11.3 Å². The predicted octanol–water partition coefficient (Wildman–Crippen LogP) is 9.08. The summed E-state index contributed by atoms with van der Waals surface area (Å²) >= 11 is 0. The van der Waals surface area contributed by atoms with Gasteiger partial charge in [0.05, 0.1) is 80.8 Å². The second-order valence-corrected chi connectivity index (χ2v) is 14.5. The predicted molar refractivity (Wildman–Crippen MR) is 223 cm³/mol. The van der Waals surface area contributed by atoms with Crippen molar-refractivity contribution in [2.75, 3.05) is 0 Å². The van der Waals surface area contributed by atoms with Gasteiger partial charge in [-0.3, -0.25) is 15.0 Å². The number of nitrogens with zero attached hydrogens (tertiary/aromatic N) is 7. The van der Waals surface area contributed by atoms with Crippen molar-refractivity contribution in [2.45, 2.75) is 6.92 Å². The van der Waals surface area contributed by atoms with E-state index in [-0.39, 0.29) is 0 Å². The molecule has 4 aromatic carbocycles. The van der Waals surface area contributed by atoms with Crippen molar-refractivity contribution in [1.29, 1.82) is 0 Å². The third kappa shape index (κ3) is 4.72. The second-order valence-electron chi connectivity index (χ2n) is 14.5. The van der Waals surface area contributed by atoms with Crippen LogP contribution in [0.2, 0.25) is 0 Å². The minimum atomic E-state index is -0.471. The van der Waals surface area contributed by atoms with Crippen molar-refractivity contribution in [3.8, 4) is 45.3 Å². The van der Waals surface area contributed by atoms with Crippen LogP contribution in [0.4, 0.5) is 0 Å². The molecule has 0 saturated heterocycles. The monoisotopic (exact) mass is 745 g/mol. The fourth-order valence-electron chi connectivity index (χ4n) is 8.55. The lowest BCUT2D eigenvalue weighted by Gasteiger charge is -2.10. The molecule has 0 fully saturated rings. The lowest BCUT2D eigenvalue weighted by atomic mass is 9.98. The Labute approximate surface area is 322 Å². The molecule has 11 nitrogen and oxygen atoms in total. The Hall–Kier alpha value is -7.66. The van der Waals surface area contributed by atoms with Crippen LogP contribution in [-0.4, -0.2) is 33.6 Å². The quantitative estimate of drug-likeness (QED) is 0.129. The summed E-state index contributed by atoms with van der Waals surface area (Å²) in [5, 5.41) is 5.66. The number of hydrogen-bond acceptors (Lipinski definition) is 8. The molecule has 0 amide bonds. The zero-order chi connectivity index (χ0) is 38.7. The summed E-state index contributed by atoms with van der Waals surface area (Å²) < 4.78 is 18.0. The fraction of sp³-hybridized carbons (Fsp3) is 0.0870. The van der Waals surface area contributed by atoms with Crippen molar-refractivity contribution in [3.05, 3.63) is 142 Å². The topological polar surface area (TPSA) is 127 Å². The highest BCUT2D eigenvalue weighted by Crippen LogP contribution is 2.38. The normalized spacial score (nSPS) is 12.0. The number of aryl methyl sites for hydroxylation is 4. The molecule has 0 aliphatic heterocycles. The van der Waals surface area contributed by atoms with E-state index in [0.29, 0.717) is 45.1 Å². The van der Waals surface area contributed by atoms with E-state index in [1.165, 1.54) is 0 Å². The molecular formula is C46H31N7O4. The Morgan fingerprint density at radius 1 is 0.561 bits per heavy atom. The van der Waals surface area contributed by atoms with Crippen LogP contribution in [0.1, 0.15) is 5.56 Å². The van der Waals surface area contributed by atoms with Gasteiger partial charge in [-0.25, -0.2) is 14.6 Å². The van der Waals surface area contributed by atoms with Gasteiger partial charge in [0, 0.05) is 37.3 Å². The highest BCUT2D eigenvalue weighted by atomic mass is 16.4. The number of fused-ring (bicyclic) bond motifs is 9. The molecule has 57 heavy (non-hydrogen) atoms. The van der Waals surface area contributed by atoms with Crippen LogP contribution in [0.5, 0.6) is 0 Å². The van der Waals surface area contributed by atoms with Gasteiger partial charge in [0.1, 0.15) is 22.6 Å². The Bertz CT molecular complexity index is 3620. The van der Waals surface area contributed by atoms with Crippen LogP contribution < -0.4 is 11.3 Å². The minimum Gasteiger partial charge on any atom is -0.422 e. The van der Waals surface area contributed by atoms with Crippen molar-refractivity contribution in [3.63, 3.8) is 0 Å². The number of hydrogen-bond donors (Lipinski definition) is 0. The summed E-state index contributed by atoms with van der Waals surface area (Å²) in [7, 11) is 6.04. The van der Waals surface area contributed by atoms with Gasteiger partial charge in [-0.15, -0.1) is 0 Å². The summed E-state index contributed by atoms with van der Waals surface area (Å²) in [5.41, 5.74) is 9.62. The molecule has 0 atom stereocenters. The molecule has 0 saturated carbocycles. The van der Waals surface area contributed by atoms with Gasteiger partial charge in [0.2, 0.25) is 0 Å². The summed E-state index contributed by atoms with van der Waals surface area (Å²) in [5.74, 6) is 0. The van der Waals surface area contributed by atoms with Crippen molar-refractivity contribution >= 4 is 65.6 Å². The SMILES string of the molecule is Cc1c(-c2cnc(-c3cc4c(c5c(cc(-c6cncc(-c7cc8ccc9ccccc9c8oc7=O)n6)n5C)n4C)n3C)cn2)c(=O)oc2ccc3ccccc3c12. The van der Waals surface area contributed by atoms with Crippen LogP contribution >= 0.6 is 0 Å². The molecule has 0 spiro atoms. The number of rotatable bonds is 4. The number of aromatic nitrogens is 7. The van der Waals surface area contributed by atoms with Gasteiger partial charge in [-0.05, 0) is 52.9 Å². The van der Waals surface area contributed by atoms with E-state index in [1.807, 2.05) is 107 Å². The molecule has 0 unspecified atom stereocenters. The Kier molecular flexibility index (Phi) is 6.85. The van der Waals surface area contributed by atoms with Gasteiger partial charge in [0.25, 0.3) is 0 Å². The van der Waals surface area contributed by atoms with Crippen molar-refractivity contribution in [1.82, 2.24) is 33.6 Å². The van der Waals surface area contributed by atoms with Crippen molar-refractivity contribution in [2.24, 2.45) is 21.1 Å². The Morgan fingerprint density at radius 3 is 1.91 bits per heavy atom. The summed E-state index contributed by atoms with van der Waals surface area (Å²) in [6.07, 6.45) is 6.65. The van der Waals surface area contributed by atoms with Crippen LogP contribution in [0.25, 0.3) is 111 Å². The third-order valence-corrected chi connectivity index (χ3v) is 11.4. The van der Waals surface area contributed by atoms with E-state index < -0.39 is 11.3 Å². The maximum atomic E-state index is 13.4. The maximum Gasteiger partial charge on any atom is 0.346 e. The first-order valence-corrected chi connectivity index (χ1v) is 18.4. The average Bonchev–Trinajstić information content (AvgIpc) is 3.85.